The lowest BCUT2D eigenvalue weighted by atomic mass is 10.2. The summed E-state index contributed by atoms with van der Waals surface area (Å²) in [7, 11) is 0. The van der Waals surface area contributed by atoms with E-state index in [2.05, 4.69) is 10.3 Å². The minimum absolute atomic E-state index is 0.0401. The highest BCUT2D eigenvalue weighted by molar-refractivity contribution is 6.31. The van der Waals surface area contributed by atoms with Gasteiger partial charge < -0.3 is 19.8 Å². The summed E-state index contributed by atoms with van der Waals surface area (Å²) in [5, 5.41) is 3.84. The Kier molecular flexibility index (Phi) is 6.41. The van der Waals surface area contributed by atoms with Crippen molar-refractivity contribution in [3.05, 3.63) is 35.0 Å². The number of hydrogen-bond donors (Lipinski definition) is 2. The number of aromatic nitrogens is 1. The van der Waals surface area contributed by atoms with Crippen LogP contribution in [-0.2, 0) is 30.3 Å². The normalized spacial score (nSPS) is 10.7. The molecule has 1 aromatic heterocycles. The highest BCUT2D eigenvalue weighted by Gasteiger charge is 2.31. The van der Waals surface area contributed by atoms with Crippen LogP contribution in [0.15, 0.2) is 24.3 Å². The summed E-state index contributed by atoms with van der Waals surface area (Å²) in [6.45, 7) is 3.40. The van der Waals surface area contributed by atoms with Gasteiger partial charge in [0.05, 0.1) is 19.6 Å². The lowest BCUT2D eigenvalue weighted by Gasteiger charge is -2.15. The molecule has 0 aliphatic carbocycles. The molecule has 2 N–H and O–H groups in total. The number of amides is 1. The van der Waals surface area contributed by atoms with Crippen LogP contribution < -0.4 is 5.32 Å². The number of hydrogen-bond acceptors (Lipinski definition) is 5. The third kappa shape index (κ3) is 4.96. The zero-order chi connectivity index (χ0) is 18.4. The Morgan fingerprint density at radius 3 is 2.36 bits per heavy atom. The van der Waals surface area contributed by atoms with Crippen LogP contribution in [0.25, 0.3) is 10.9 Å². The summed E-state index contributed by atoms with van der Waals surface area (Å²) >= 11 is 5.93. The number of nitrogens with one attached hydrogen (secondary N) is 2. The molecule has 0 fully saturated rings. The quantitative estimate of drug-likeness (QED) is 0.576. The number of halogens is 1. The van der Waals surface area contributed by atoms with Crippen molar-refractivity contribution in [2.24, 2.45) is 0 Å². The van der Waals surface area contributed by atoms with E-state index in [-0.39, 0.29) is 19.6 Å². The minimum atomic E-state index is -1.48. The van der Waals surface area contributed by atoms with E-state index in [4.69, 9.17) is 21.1 Å². The van der Waals surface area contributed by atoms with Crippen LogP contribution in [0, 0.1) is 0 Å². The van der Waals surface area contributed by atoms with Gasteiger partial charge in [-0.2, -0.15) is 0 Å². The van der Waals surface area contributed by atoms with Gasteiger partial charge in [0.15, 0.2) is 0 Å². The fourth-order valence-corrected chi connectivity index (χ4v) is 2.48. The molecule has 8 heteroatoms. The average molecular weight is 367 g/mol. The number of carbonyl (C=O) groups is 3. The van der Waals surface area contributed by atoms with Crippen LogP contribution >= 0.6 is 11.6 Å². The van der Waals surface area contributed by atoms with E-state index in [1.165, 1.54) is 0 Å². The van der Waals surface area contributed by atoms with Gasteiger partial charge in [0.2, 0.25) is 11.9 Å². The summed E-state index contributed by atoms with van der Waals surface area (Å²) in [5.41, 5.74) is 1.42. The molecule has 0 aliphatic rings. The second-order valence-electron chi connectivity index (χ2n) is 5.21. The molecule has 1 amide bonds. The van der Waals surface area contributed by atoms with E-state index in [0.29, 0.717) is 10.7 Å². The molecular formula is C17H19ClN2O5. The van der Waals surface area contributed by atoms with Gasteiger partial charge in [-0.3, -0.25) is 4.79 Å². The standard InChI is InChI=1S/C17H19ClN2O5/c1-3-24-16(22)15(17(23)25-4-2)20-14(21)9-12-7-10-5-6-11(18)8-13(10)19-12/h5-8,15,19H,3-4,9H2,1-2H3,(H,20,21). The lowest BCUT2D eigenvalue weighted by molar-refractivity contribution is -0.159. The summed E-state index contributed by atoms with van der Waals surface area (Å²) in [5.74, 6) is -2.21. The Balaban J connectivity index is 2.08. The molecule has 0 atom stereocenters. The van der Waals surface area contributed by atoms with Gasteiger partial charge in [0, 0.05) is 16.2 Å². The highest BCUT2D eigenvalue weighted by Crippen LogP contribution is 2.20. The van der Waals surface area contributed by atoms with Crippen molar-refractivity contribution < 1.29 is 23.9 Å². The smallest absolute Gasteiger partial charge is 0.340 e. The number of ether oxygens (including phenoxy) is 2. The summed E-state index contributed by atoms with van der Waals surface area (Å²) < 4.78 is 9.61. The zero-order valence-corrected chi connectivity index (χ0v) is 14.7. The van der Waals surface area contributed by atoms with Crippen molar-refractivity contribution in [3.63, 3.8) is 0 Å². The Hall–Kier alpha value is -2.54. The van der Waals surface area contributed by atoms with Crippen LogP contribution in [0.1, 0.15) is 19.5 Å². The van der Waals surface area contributed by atoms with Gasteiger partial charge in [0.1, 0.15) is 0 Å². The number of carbonyl (C=O) groups excluding carboxylic acids is 3. The van der Waals surface area contributed by atoms with Gasteiger partial charge in [-0.05, 0) is 37.4 Å². The van der Waals surface area contributed by atoms with Crippen LogP contribution in [0.3, 0.4) is 0 Å². The summed E-state index contributed by atoms with van der Waals surface area (Å²) in [6.07, 6.45) is -0.0401. The molecule has 0 bridgehead atoms. The molecule has 0 spiro atoms. The van der Waals surface area contributed by atoms with Crippen molar-refractivity contribution in [2.45, 2.75) is 26.3 Å². The largest absolute Gasteiger partial charge is 0.464 e. The average Bonchev–Trinajstić information content (AvgIpc) is 2.94. The fourth-order valence-electron chi connectivity index (χ4n) is 2.30. The monoisotopic (exact) mass is 366 g/mol. The Bertz CT molecular complexity index is 768. The molecule has 0 unspecified atom stereocenters. The van der Waals surface area contributed by atoms with Gasteiger partial charge in [0.25, 0.3) is 0 Å². The molecule has 0 saturated carbocycles. The maximum atomic E-state index is 12.2. The second-order valence-corrected chi connectivity index (χ2v) is 5.64. The van der Waals surface area contributed by atoms with Gasteiger partial charge in [-0.15, -0.1) is 0 Å². The van der Waals surface area contributed by atoms with Crippen molar-refractivity contribution in [3.8, 4) is 0 Å². The van der Waals surface area contributed by atoms with Gasteiger partial charge >= 0.3 is 11.9 Å². The van der Waals surface area contributed by atoms with Crippen molar-refractivity contribution in [1.82, 2.24) is 10.3 Å². The van der Waals surface area contributed by atoms with Gasteiger partial charge in [-0.1, -0.05) is 17.7 Å². The van der Waals surface area contributed by atoms with Crippen LogP contribution in [0.4, 0.5) is 0 Å². The fraction of sp³-hybridized carbons (Fsp3) is 0.353. The topological polar surface area (TPSA) is 97.5 Å². The molecule has 0 radical (unpaired) electrons. The number of rotatable bonds is 7. The summed E-state index contributed by atoms with van der Waals surface area (Å²) in [6, 6.07) is 5.65. The maximum Gasteiger partial charge on any atom is 0.340 e. The molecule has 0 aliphatic heterocycles. The minimum Gasteiger partial charge on any atom is -0.464 e. The zero-order valence-electron chi connectivity index (χ0n) is 13.9. The predicted octanol–water partition coefficient (Wildman–Crippen LogP) is 1.97. The Morgan fingerprint density at radius 1 is 1.12 bits per heavy atom. The first-order chi connectivity index (χ1) is 11.9. The van der Waals surface area contributed by atoms with Crippen molar-refractivity contribution in [1.29, 1.82) is 0 Å². The first-order valence-corrected chi connectivity index (χ1v) is 8.22. The van der Waals surface area contributed by atoms with Crippen LogP contribution in [-0.4, -0.2) is 42.1 Å². The number of esters is 2. The molecule has 134 valence electrons. The molecule has 2 aromatic rings. The van der Waals surface area contributed by atoms with Crippen molar-refractivity contribution >= 4 is 40.3 Å². The highest BCUT2D eigenvalue weighted by atomic mass is 35.5. The van der Waals surface area contributed by atoms with E-state index in [1.807, 2.05) is 6.07 Å². The van der Waals surface area contributed by atoms with Gasteiger partial charge in [-0.25, -0.2) is 9.59 Å². The van der Waals surface area contributed by atoms with E-state index in [9.17, 15) is 14.4 Å². The molecular weight excluding hydrogens is 348 g/mol. The van der Waals surface area contributed by atoms with Crippen LogP contribution in [0.2, 0.25) is 5.02 Å². The lowest BCUT2D eigenvalue weighted by Crippen LogP contribution is -2.48. The van der Waals surface area contributed by atoms with Crippen molar-refractivity contribution in [2.75, 3.05) is 13.2 Å². The first-order valence-electron chi connectivity index (χ1n) is 7.84. The SMILES string of the molecule is CCOC(=O)C(NC(=O)Cc1cc2ccc(Cl)cc2[nH]1)C(=O)OCC. The number of benzene rings is 1. The van der Waals surface area contributed by atoms with E-state index in [1.54, 1.807) is 32.0 Å². The summed E-state index contributed by atoms with van der Waals surface area (Å²) in [4.78, 5) is 39.0. The Labute approximate surface area is 149 Å². The van der Waals surface area contributed by atoms with Crippen LogP contribution in [0.5, 0.6) is 0 Å². The molecule has 7 nitrogen and oxygen atoms in total. The molecule has 2 rings (SSSR count). The predicted molar refractivity (Wildman–Crippen MR) is 92.2 cm³/mol. The van der Waals surface area contributed by atoms with E-state index < -0.39 is 23.9 Å². The number of fused-ring (bicyclic) bond motifs is 1. The molecule has 25 heavy (non-hydrogen) atoms. The first kappa shape index (κ1) is 18.8. The van der Waals surface area contributed by atoms with E-state index in [0.717, 1.165) is 10.9 Å². The number of H-pyrrole nitrogens is 1. The third-order valence-electron chi connectivity index (χ3n) is 3.34. The molecule has 1 heterocycles. The Morgan fingerprint density at radius 2 is 1.76 bits per heavy atom. The number of aromatic amines is 1. The maximum absolute atomic E-state index is 12.2. The molecule has 0 saturated heterocycles. The third-order valence-corrected chi connectivity index (χ3v) is 3.58. The second kappa shape index (κ2) is 8.53. The van der Waals surface area contributed by atoms with E-state index >= 15 is 0 Å². The molecule has 1 aromatic carbocycles.